The molecule has 1 fully saturated rings. The second-order valence-electron chi connectivity index (χ2n) is 9.23. The molecule has 0 saturated carbocycles. The van der Waals surface area contributed by atoms with Crippen molar-refractivity contribution in [3.8, 4) is 5.00 Å². The van der Waals surface area contributed by atoms with E-state index in [4.69, 9.17) is 21.3 Å². The van der Waals surface area contributed by atoms with Crippen LogP contribution < -0.4 is 0 Å². The van der Waals surface area contributed by atoms with Crippen LogP contribution in [-0.2, 0) is 22.4 Å². The topological polar surface area (TPSA) is 72.6 Å². The largest absolute Gasteiger partial charge is 0.378 e. The van der Waals surface area contributed by atoms with Crippen LogP contribution >= 0.6 is 22.9 Å². The van der Waals surface area contributed by atoms with E-state index < -0.39 is 0 Å². The fraction of sp³-hybridized carbons (Fsp3) is 0.440. The average molecular weight is 496 g/mol. The lowest BCUT2D eigenvalue weighted by Gasteiger charge is -2.27. The van der Waals surface area contributed by atoms with Gasteiger partial charge in [0.1, 0.15) is 16.9 Å². The number of carbonyl (C=O) groups excluding carboxylic acids is 1. The Morgan fingerprint density at radius 1 is 1.21 bits per heavy atom. The number of thiophene rings is 1. The van der Waals surface area contributed by atoms with Gasteiger partial charge in [0.05, 0.1) is 18.9 Å². The lowest BCUT2D eigenvalue weighted by Crippen LogP contribution is -2.41. The van der Waals surface area contributed by atoms with Gasteiger partial charge in [0.15, 0.2) is 5.82 Å². The number of morpholine rings is 1. The first-order valence-electron chi connectivity index (χ1n) is 11.8. The van der Waals surface area contributed by atoms with Gasteiger partial charge in [-0.15, -0.1) is 21.5 Å². The molecule has 0 bridgehead atoms. The number of carbonyl (C=O) groups is 1. The molecule has 1 amide bonds. The third kappa shape index (κ3) is 3.59. The first kappa shape index (κ1) is 21.9. The summed E-state index contributed by atoms with van der Waals surface area (Å²) in [5.41, 5.74) is 4.27. The number of ether oxygens (including phenoxy) is 1. The SMILES string of the molecule is Cc1nnc2n1-c1sc3c(c1C(c1ccccc1Cl)=N[C@H]2C)C[C@H](CC(=O)N1CCOCC1)C3. The highest BCUT2D eigenvalue weighted by Crippen LogP contribution is 2.45. The van der Waals surface area contributed by atoms with Crippen molar-refractivity contribution in [2.45, 2.75) is 39.2 Å². The zero-order chi connectivity index (χ0) is 23.4. The molecule has 34 heavy (non-hydrogen) atoms. The molecule has 176 valence electrons. The Kier molecular flexibility index (Phi) is 5.54. The van der Waals surface area contributed by atoms with Crippen LogP contribution in [0.2, 0.25) is 5.02 Å². The number of halogens is 1. The fourth-order valence-electron chi connectivity index (χ4n) is 5.31. The van der Waals surface area contributed by atoms with Gasteiger partial charge >= 0.3 is 0 Å². The van der Waals surface area contributed by atoms with E-state index in [2.05, 4.69) is 21.7 Å². The zero-order valence-electron chi connectivity index (χ0n) is 19.3. The van der Waals surface area contributed by atoms with E-state index in [0.29, 0.717) is 43.7 Å². The lowest BCUT2D eigenvalue weighted by atomic mass is 9.96. The Balaban J connectivity index is 1.40. The summed E-state index contributed by atoms with van der Waals surface area (Å²) in [5, 5.41) is 10.6. The molecule has 2 aromatic heterocycles. The molecule has 2 aliphatic heterocycles. The highest BCUT2D eigenvalue weighted by molar-refractivity contribution is 7.15. The van der Waals surface area contributed by atoms with E-state index in [1.165, 1.54) is 10.4 Å². The normalized spacial score (nSPS) is 21.5. The van der Waals surface area contributed by atoms with Crippen LogP contribution in [0.25, 0.3) is 5.00 Å². The summed E-state index contributed by atoms with van der Waals surface area (Å²) in [6.07, 6.45) is 2.35. The second kappa shape index (κ2) is 8.59. The molecule has 0 radical (unpaired) electrons. The van der Waals surface area contributed by atoms with E-state index in [1.54, 1.807) is 11.3 Å². The van der Waals surface area contributed by atoms with Crippen LogP contribution in [0.3, 0.4) is 0 Å². The first-order chi connectivity index (χ1) is 16.5. The number of benzene rings is 1. The van der Waals surface area contributed by atoms with Crippen molar-refractivity contribution >= 4 is 34.6 Å². The number of hydrogen-bond acceptors (Lipinski definition) is 6. The maximum atomic E-state index is 12.9. The van der Waals surface area contributed by atoms with Crippen molar-refractivity contribution in [3.05, 3.63) is 62.5 Å². The number of aliphatic imine (C=N–C) groups is 1. The summed E-state index contributed by atoms with van der Waals surface area (Å²) in [5.74, 6) is 2.24. The molecule has 1 aromatic carbocycles. The maximum Gasteiger partial charge on any atom is 0.223 e. The number of fused-ring (bicyclic) bond motifs is 5. The smallest absolute Gasteiger partial charge is 0.223 e. The van der Waals surface area contributed by atoms with Gasteiger partial charge in [-0.3, -0.25) is 14.4 Å². The van der Waals surface area contributed by atoms with Crippen molar-refractivity contribution in [2.24, 2.45) is 10.9 Å². The molecule has 0 unspecified atom stereocenters. The van der Waals surface area contributed by atoms with Gasteiger partial charge in [0, 0.05) is 40.5 Å². The number of rotatable bonds is 3. The molecule has 4 heterocycles. The summed E-state index contributed by atoms with van der Waals surface area (Å²) < 4.78 is 7.56. The van der Waals surface area contributed by atoms with Gasteiger partial charge in [-0.25, -0.2) is 0 Å². The molecule has 6 rings (SSSR count). The zero-order valence-corrected chi connectivity index (χ0v) is 20.8. The third-order valence-electron chi connectivity index (χ3n) is 6.98. The Bertz CT molecular complexity index is 1310. The van der Waals surface area contributed by atoms with E-state index in [0.717, 1.165) is 46.3 Å². The van der Waals surface area contributed by atoms with Crippen molar-refractivity contribution in [2.75, 3.05) is 26.3 Å². The highest BCUT2D eigenvalue weighted by Gasteiger charge is 2.36. The van der Waals surface area contributed by atoms with Crippen LogP contribution in [0.5, 0.6) is 0 Å². The van der Waals surface area contributed by atoms with Gasteiger partial charge in [-0.1, -0.05) is 29.8 Å². The molecule has 2 atom stereocenters. The van der Waals surface area contributed by atoms with Gasteiger partial charge in [0.2, 0.25) is 5.91 Å². The summed E-state index contributed by atoms with van der Waals surface area (Å²) in [4.78, 5) is 21.3. The number of amides is 1. The Labute approximate surface area is 207 Å². The molecular formula is C25H26ClN5O2S. The van der Waals surface area contributed by atoms with Crippen LogP contribution in [0.15, 0.2) is 29.3 Å². The maximum absolute atomic E-state index is 12.9. The van der Waals surface area contributed by atoms with E-state index >= 15 is 0 Å². The van der Waals surface area contributed by atoms with Gasteiger partial charge in [0.25, 0.3) is 0 Å². The number of aryl methyl sites for hydroxylation is 1. The van der Waals surface area contributed by atoms with E-state index in [-0.39, 0.29) is 11.9 Å². The highest BCUT2D eigenvalue weighted by atomic mass is 35.5. The molecule has 0 N–H and O–H groups in total. The fourth-order valence-corrected chi connectivity index (χ4v) is 7.04. The standard InChI is InChI=1S/C25H26ClN5O2S/c1-14-24-29-28-15(2)31(24)25-22(23(27-14)17-5-3-4-6-19(17)26)18-11-16(12-20(18)34-25)13-21(32)30-7-9-33-10-8-30/h3-6,14,16H,7-13H2,1-2H3/t14-,16-/m0/s1. The molecular weight excluding hydrogens is 470 g/mol. The van der Waals surface area contributed by atoms with Crippen molar-refractivity contribution < 1.29 is 9.53 Å². The molecule has 1 saturated heterocycles. The van der Waals surface area contributed by atoms with Gasteiger partial charge < -0.3 is 9.64 Å². The van der Waals surface area contributed by atoms with Crippen LogP contribution in [-0.4, -0.2) is 57.6 Å². The van der Waals surface area contributed by atoms with Crippen LogP contribution in [0.4, 0.5) is 0 Å². The first-order valence-corrected chi connectivity index (χ1v) is 13.0. The number of nitrogens with zero attached hydrogens (tertiary/aromatic N) is 5. The lowest BCUT2D eigenvalue weighted by molar-refractivity contribution is -0.136. The number of aromatic nitrogens is 3. The molecule has 3 aliphatic rings. The Morgan fingerprint density at radius 2 is 2.00 bits per heavy atom. The number of hydrogen-bond donors (Lipinski definition) is 0. The molecule has 1 aliphatic carbocycles. The van der Waals surface area contributed by atoms with Gasteiger partial charge in [-0.05, 0) is 44.2 Å². The van der Waals surface area contributed by atoms with E-state index in [9.17, 15) is 4.79 Å². The van der Waals surface area contributed by atoms with Gasteiger partial charge in [-0.2, -0.15) is 0 Å². The summed E-state index contributed by atoms with van der Waals surface area (Å²) in [7, 11) is 0. The Hall–Kier alpha value is -2.55. The minimum absolute atomic E-state index is 0.150. The quantitative estimate of drug-likeness (QED) is 0.546. The molecule has 9 heteroatoms. The Morgan fingerprint density at radius 3 is 2.79 bits per heavy atom. The minimum atomic E-state index is -0.150. The predicted octanol–water partition coefficient (Wildman–Crippen LogP) is 4.17. The third-order valence-corrected chi connectivity index (χ3v) is 8.55. The van der Waals surface area contributed by atoms with Crippen LogP contribution in [0, 0.1) is 12.8 Å². The summed E-state index contributed by atoms with van der Waals surface area (Å²) in [6, 6.07) is 7.74. The van der Waals surface area contributed by atoms with Crippen molar-refractivity contribution in [3.63, 3.8) is 0 Å². The van der Waals surface area contributed by atoms with Crippen LogP contribution in [0.1, 0.15) is 52.6 Å². The molecule has 3 aromatic rings. The van der Waals surface area contributed by atoms with Crippen molar-refractivity contribution in [1.29, 1.82) is 0 Å². The second-order valence-corrected chi connectivity index (χ2v) is 10.7. The average Bonchev–Trinajstić information content (AvgIpc) is 3.48. The summed E-state index contributed by atoms with van der Waals surface area (Å²) in [6.45, 7) is 6.69. The minimum Gasteiger partial charge on any atom is -0.378 e. The van der Waals surface area contributed by atoms with Crippen molar-refractivity contribution in [1.82, 2.24) is 19.7 Å². The molecule has 7 nitrogen and oxygen atoms in total. The predicted molar refractivity (Wildman–Crippen MR) is 132 cm³/mol. The monoisotopic (exact) mass is 495 g/mol. The summed E-state index contributed by atoms with van der Waals surface area (Å²) >= 11 is 8.46. The van der Waals surface area contributed by atoms with E-state index in [1.807, 2.05) is 36.1 Å². The molecule has 0 spiro atoms.